The number of rotatable bonds is 4. The summed E-state index contributed by atoms with van der Waals surface area (Å²) in [6.45, 7) is 3.92. The maximum Gasteiger partial charge on any atom is 0.480 e. The lowest BCUT2D eigenvalue weighted by Gasteiger charge is -2.29. The van der Waals surface area contributed by atoms with Crippen molar-refractivity contribution in [3.63, 3.8) is 0 Å². The molecule has 0 N–H and O–H groups in total. The van der Waals surface area contributed by atoms with Gasteiger partial charge in [0.05, 0.1) is 20.1 Å². The number of quaternary nitrogens is 1. The Morgan fingerprint density at radius 2 is 1.25 bits per heavy atom. The van der Waals surface area contributed by atoms with Gasteiger partial charge in [0.15, 0.2) is 20.0 Å². The predicted octanol–water partition coefficient (Wildman–Crippen LogP) is 3.49. The molecule has 14 heteroatoms. The van der Waals surface area contributed by atoms with Gasteiger partial charge in [-0.05, 0) is 0 Å². The number of likely N-dealkylation sites (tertiary alicyclic amines) is 1. The molecule has 1 aromatic carbocycles. The van der Waals surface area contributed by atoms with Gasteiger partial charge >= 0.3 is 11.0 Å². The Kier molecular flexibility index (Phi) is 7.53. The van der Waals surface area contributed by atoms with Crippen molar-refractivity contribution in [3.05, 3.63) is 40.0 Å². The number of hydrogen-bond donors (Lipinski definition) is 0. The van der Waals surface area contributed by atoms with Gasteiger partial charge in [-0.2, -0.15) is 26.3 Å². The number of halogens is 6. The highest BCUT2D eigenvalue weighted by Gasteiger charge is 2.46. The molecule has 0 unspecified atom stereocenters. The number of sulfonamides is 2. The van der Waals surface area contributed by atoms with Crippen LogP contribution in [0.4, 0.5) is 26.3 Å². The van der Waals surface area contributed by atoms with Crippen molar-refractivity contribution in [2.45, 2.75) is 30.4 Å². The van der Waals surface area contributed by atoms with Crippen molar-refractivity contribution in [2.24, 2.45) is 0 Å². The molecular weight excluding hydrogens is 438 g/mol. The van der Waals surface area contributed by atoms with Crippen LogP contribution in [0.2, 0.25) is 0 Å². The second kappa shape index (κ2) is 8.55. The first-order chi connectivity index (χ1) is 12.5. The van der Waals surface area contributed by atoms with E-state index < -0.39 is 31.1 Å². The van der Waals surface area contributed by atoms with Crippen molar-refractivity contribution in [2.75, 3.05) is 20.1 Å². The van der Waals surface area contributed by atoms with Crippen LogP contribution in [-0.2, 0) is 26.6 Å². The zero-order chi connectivity index (χ0) is 21.9. The van der Waals surface area contributed by atoms with Crippen molar-refractivity contribution in [3.8, 4) is 0 Å². The molecule has 0 saturated carbocycles. The van der Waals surface area contributed by atoms with Crippen LogP contribution < -0.4 is 0 Å². The summed E-state index contributed by atoms with van der Waals surface area (Å²) < 4.78 is 110. The molecule has 1 aromatic rings. The van der Waals surface area contributed by atoms with E-state index in [1.165, 1.54) is 42.5 Å². The zero-order valence-electron chi connectivity index (χ0n) is 14.5. The van der Waals surface area contributed by atoms with Crippen molar-refractivity contribution < 1.29 is 47.7 Å². The molecule has 162 valence electrons. The van der Waals surface area contributed by atoms with Gasteiger partial charge in [0, 0.05) is 18.4 Å². The Morgan fingerprint density at radius 3 is 1.61 bits per heavy atom. The number of benzene rings is 1. The Morgan fingerprint density at radius 1 is 0.857 bits per heavy atom. The molecule has 0 amide bonds. The highest BCUT2D eigenvalue weighted by Crippen LogP contribution is 2.36. The zero-order valence-corrected chi connectivity index (χ0v) is 16.2. The van der Waals surface area contributed by atoms with E-state index in [4.69, 9.17) is 0 Å². The molecule has 2 rings (SSSR count). The van der Waals surface area contributed by atoms with E-state index in [2.05, 4.69) is 37.4 Å². The van der Waals surface area contributed by atoms with E-state index in [9.17, 15) is 43.2 Å². The van der Waals surface area contributed by atoms with Crippen LogP contribution in [0.3, 0.4) is 0 Å². The van der Waals surface area contributed by atoms with Gasteiger partial charge in [0.2, 0.25) is 0 Å². The summed E-state index contributed by atoms with van der Waals surface area (Å²) in [6.07, 6.45) is 2.81. The highest BCUT2D eigenvalue weighted by atomic mass is 32.3. The quantitative estimate of drug-likeness (QED) is 0.513. The van der Waals surface area contributed by atoms with Crippen LogP contribution in [0.15, 0.2) is 30.3 Å². The molecule has 6 nitrogen and oxygen atoms in total. The van der Waals surface area contributed by atoms with E-state index in [0.717, 1.165) is 4.13 Å². The van der Waals surface area contributed by atoms with Crippen molar-refractivity contribution in [1.29, 1.82) is 0 Å². The largest absolute Gasteiger partial charge is 0.480 e. The molecule has 0 spiro atoms. The lowest BCUT2D eigenvalue weighted by molar-refractivity contribution is -0.910. The third kappa shape index (κ3) is 6.90. The third-order valence-corrected chi connectivity index (χ3v) is 6.57. The fraction of sp³-hybridized carbons (Fsp3) is 0.571. The molecule has 1 aliphatic rings. The molecule has 0 aromatic heterocycles. The van der Waals surface area contributed by atoms with Crippen LogP contribution >= 0.6 is 0 Å². The average Bonchev–Trinajstić information content (AvgIpc) is 2.92. The minimum atomic E-state index is -6.72. The molecule has 0 bridgehead atoms. The molecular formula is C14H18F6N2O4S2. The van der Waals surface area contributed by atoms with Crippen molar-refractivity contribution >= 4 is 20.0 Å². The van der Waals surface area contributed by atoms with Crippen LogP contribution in [0.25, 0.3) is 4.13 Å². The average molecular weight is 456 g/mol. The molecule has 1 heterocycles. The van der Waals surface area contributed by atoms with Crippen LogP contribution in [0.5, 0.6) is 0 Å². The van der Waals surface area contributed by atoms with Crippen LogP contribution in [0, 0.1) is 0 Å². The minimum Gasteiger partial charge on any atom is -0.421 e. The fourth-order valence-corrected chi connectivity index (χ4v) is 4.20. The molecule has 0 atom stereocenters. The summed E-state index contributed by atoms with van der Waals surface area (Å²) in [5, 5.41) is 0. The normalized spacial score (nSPS) is 17.7. The Bertz CT molecular complexity index is 804. The summed E-state index contributed by atoms with van der Waals surface area (Å²) >= 11 is 0. The highest BCUT2D eigenvalue weighted by molar-refractivity contribution is 8.13. The van der Waals surface area contributed by atoms with Crippen molar-refractivity contribution in [1.82, 2.24) is 0 Å². The van der Waals surface area contributed by atoms with Crippen LogP contribution in [0.1, 0.15) is 18.4 Å². The topological polar surface area (TPSA) is 82.4 Å². The molecule has 1 aliphatic heterocycles. The molecule has 1 fully saturated rings. The summed E-state index contributed by atoms with van der Waals surface area (Å²) in [6, 6.07) is 10.8. The van der Waals surface area contributed by atoms with Gasteiger partial charge in [0.25, 0.3) is 0 Å². The molecule has 0 radical (unpaired) electrons. The number of nitrogens with zero attached hydrogens (tertiary/aromatic N) is 2. The minimum absolute atomic E-state index is 0.778. The summed E-state index contributed by atoms with van der Waals surface area (Å²) in [7, 11) is -11.1. The SMILES string of the molecule is C[N+]1(Cc2ccccc2)CCCC1.O=S(=O)([N-]S(=O)(=O)C(F)(F)F)C(F)(F)F. The number of hydrogen-bond acceptors (Lipinski definition) is 4. The van der Waals surface area contributed by atoms with Gasteiger partial charge in [-0.15, -0.1) is 0 Å². The van der Waals surface area contributed by atoms with Gasteiger partial charge in [-0.3, -0.25) is 0 Å². The molecule has 0 aliphatic carbocycles. The fourth-order valence-electron chi connectivity index (χ4n) is 2.49. The number of alkyl halides is 6. The molecule has 28 heavy (non-hydrogen) atoms. The first-order valence-electron chi connectivity index (χ1n) is 7.73. The monoisotopic (exact) mass is 456 g/mol. The van der Waals surface area contributed by atoms with E-state index in [1.807, 2.05) is 0 Å². The first kappa shape index (κ1) is 24.7. The second-order valence-electron chi connectivity index (χ2n) is 6.33. The maximum atomic E-state index is 11.4. The third-order valence-electron chi connectivity index (χ3n) is 3.83. The lowest BCUT2D eigenvalue weighted by atomic mass is 10.2. The Labute approximate surface area is 158 Å². The smallest absolute Gasteiger partial charge is 0.421 e. The Hall–Kier alpha value is -1.38. The van der Waals surface area contributed by atoms with E-state index >= 15 is 0 Å². The first-order valence-corrected chi connectivity index (χ1v) is 10.6. The molecule has 1 saturated heterocycles. The second-order valence-corrected chi connectivity index (χ2v) is 9.76. The maximum absolute atomic E-state index is 11.4. The van der Waals surface area contributed by atoms with E-state index in [-0.39, 0.29) is 0 Å². The predicted molar refractivity (Wildman–Crippen MR) is 88.6 cm³/mol. The van der Waals surface area contributed by atoms with E-state index in [0.29, 0.717) is 0 Å². The van der Waals surface area contributed by atoms with Gasteiger partial charge in [-0.1, -0.05) is 30.3 Å². The van der Waals surface area contributed by atoms with Gasteiger partial charge < -0.3 is 8.61 Å². The summed E-state index contributed by atoms with van der Waals surface area (Å²) in [5.74, 6) is 0. The standard InChI is InChI=1S/C12H18N.C2F6NO4S2/c1-13(9-5-6-10-13)11-12-7-3-2-4-8-12;3-1(4,5)14(10,11)9-15(12,13)2(6,7)8/h2-4,7-8H,5-6,9-11H2,1H3;/q+1;-1. The van der Waals surface area contributed by atoms with Gasteiger partial charge in [-0.25, -0.2) is 16.8 Å². The lowest BCUT2D eigenvalue weighted by Crippen LogP contribution is -2.39. The summed E-state index contributed by atoms with van der Waals surface area (Å²) in [5.41, 5.74) is -10.9. The van der Waals surface area contributed by atoms with E-state index in [1.54, 1.807) is 0 Å². The van der Waals surface area contributed by atoms with Gasteiger partial charge in [0.1, 0.15) is 6.54 Å². The summed E-state index contributed by atoms with van der Waals surface area (Å²) in [4.78, 5) is 0. The van der Waals surface area contributed by atoms with Crippen LogP contribution in [-0.4, -0.2) is 52.5 Å². The Balaban J connectivity index is 0.000000281.